The van der Waals surface area contributed by atoms with Crippen LogP contribution in [-0.2, 0) is 9.59 Å². The molecule has 0 radical (unpaired) electrons. The van der Waals surface area contributed by atoms with Crippen molar-refractivity contribution in [1.29, 1.82) is 0 Å². The van der Waals surface area contributed by atoms with Crippen LogP contribution >= 0.6 is 0 Å². The molecule has 9 heteroatoms. The maximum absolute atomic E-state index is 12.2. The third-order valence-corrected chi connectivity index (χ3v) is 4.86. The quantitative estimate of drug-likeness (QED) is 0.725. The zero-order valence-corrected chi connectivity index (χ0v) is 16.7. The minimum absolute atomic E-state index is 0.00367. The highest BCUT2D eigenvalue weighted by atomic mass is 16.4. The van der Waals surface area contributed by atoms with Crippen LogP contribution in [0.3, 0.4) is 0 Å². The first-order valence-electron chi connectivity index (χ1n) is 9.66. The van der Waals surface area contributed by atoms with Gasteiger partial charge in [-0.15, -0.1) is 0 Å². The van der Waals surface area contributed by atoms with E-state index in [2.05, 4.69) is 25.2 Å². The van der Waals surface area contributed by atoms with Gasteiger partial charge in [-0.25, -0.2) is 9.97 Å². The van der Waals surface area contributed by atoms with E-state index >= 15 is 0 Å². The molecule has 3 rings (SSSR count). The number of pyridine rings is 1. The molecule has 2 aromatic rings. The minimum Gasteiger partial charge on any atom is -0.481 e. The maximum Gasteiger partial charge on any atom is 0.305 e. The molecule has 0 spiro atoms. The number of aliphatic carboxylic acids is 1. The Labute approximate surface area is 169 Å². The van der Waals surface area contributed by atoms with E-state index in [4.69, 9.17) is 5.11 Å². The van der Waals surface area contributed by atoms with Gasteiger partial charge >= 0.3 is 5.97 Å². The summed E-state index contributed by atoms with van der Waals surface area (Å²) >= 11 is 0. The SMILES string of the molecule is CN(C)C(=O)C1CCN(c2cc(NCCC(=O)O)nc(-c3ccccn3)n2)CC1. The number of carbonyl (C=O) groups is 2. The summed E-state index contributed by atoms with van der Waals surface area (Å²) in [5, 5.41) is 11.9. The predicted molar refractivity (Wildman–Crippen MR) is 110 cm³/mol. The molecule has 1 fully saturated rings. The van der Waals surface area contributed by atoms with Gasteiger partial charge in [0.2, 0.25) is 5.91 Å². The Morgan fingerprint density at radius 3 is 2.62 bits per heavy atom. The van der Waals surface area contributed by atoms with E-state index < -0.39 is 5.97 Å². The lowest BCUT2D eigenvalue weighted by Crippen LogP contribution is -2.40. The standard InChI is InChI=1S/C20H26N6O3/c1-25(2)20(29)14-7-11-26(12-8-14)17-13-16(22-10-6-18(27)28)23-19(24-17)15-5-3-4-9-21-15/h3-5,9,13-14H,6-8,10-12H2,1-2H3,(H,27,28)(H,22,23,24). The molecular formula is C20H26N6O3. The molecule has 0 atom stereocenters. The molecule has 2 N–H and O–H groups in total. The third-order valence-electron chi connectivity index (χ3n) is 4.86. The minimum atomic E-state index is -0.871. The molecule has 1 amide bonds. The van der Waals surface area contributed by atoms with Crippen LogP contribution in [0.15, 0.2) is 30.5 Å². The normalized spacial score (nSPS) is 14.5. The zero-order chi connectivity index (χ0) is 20.8. The number of rotatable bonds is 7. The Hall–Kier alpha value is -3.23. The molecule has 0 bridgehead atoms. The van der Waals surface area contributed by atoms with Crippen molar-refractivity contribution >= 4 is 23.5 Å². The molecule has 0 aromatic carbocycles. The number of carboxylic acids is 1. The number of anilines is 2. The number of hydrogen-bond acceptors (Lipinski definition) is 7. The van der Waals surface area contributed by atoms with Gasteiger partial charge in [-0.05, 0) is 25.0 Å². The second kappa shape index (κ2) is 9.31. The Kier molecular flexibility index (Phi) is 6.58. The molecule has 0 saturated carbocycles. The summed E-state index contributed by atoms with van der Waals surface area (Å²) < 4.78 is 0. The summed E-state index contributed by atoms with van der Waals surface area (Å²) in [6, 6.07) is 7.35. The van der Waals surface area contributed by atoms with Crippen molar-refractivity contribution in [2.45, 2.75) is 19.3 Å². The fourth-order valence-electron chi connectivity index (χ4n) is 3.31. The molecule has 1 aliphatic heterocycles. The van der Waals surface area contributed by atoms with Gasteiger partial charge in [0.25, 0.3) is 0 Å². The summed E-state index contributed by atoms with van der Waals surface area (Å²) in [7, 11) is 3.57. The molecule has 154 valence electrons. The average Bonchev–Trinajstić information content (AvgIpc) is 2.73. The fraction of sp³-hybridized carbons (Fsp3) is 0.450. The van der Waals surface area contributed by atoms with Gasteiger partial charge < -0.3 is 20.2 Å². The Balaban J connectivity index is 1.80. The first-order valence-corrected chi connectivity index (χ1v) is 9.66. The number of hydrogen-bond donors (Lipinski definition) is 2. The van der Waals surface area contributed by atoms with Crippen molar-refractivity contribution in [2.75, 3.05) is 43.9 Å². The van der Waals surface area contributed by atoms with E-state index in [0.29, 0.717) is 17.3 Å². The van der Waals surface area contributed by atoms with E-state index in [9.17, 15) is 9.59 Å². The molecular weight excluding hydrogens is 372 g/mol. The van der Waals surface area contributed by atoms with E-state index in [1.807, 2.05) is 24.3 Å². The van der Waals surface area contributed by atoms with Crippen molar-refractivity contribution in [3.8, 4) is 11.5 Å². The number of carboxylic acid groups (broad SMARTS) is 1. The number of nitrogens with zero attached hydrogens (tertiary/aromatic N) is 5. The van der Waals surface area contributed by atoms with Gasteiger partial charge in [0.05, 0.1) is 6.42 Å². The van der Waals surface area contributed by atoms with Crippen LogP contribution in [-0.4, -0.2) is 70.6 Å². The molecule has 0 unspecified atom stereocenters. The van der Waals surface area contributed by atoms with Crippen LogP contribution in [0.2, 0.25) is 0 Å². The zero-order valence-electron chi connectivity index (χ0n) is 16.7. The Bertz CT molecular complexity index is 851. The predicted octanol–water partition coefficient (Wildman–Crippen LogP) is 1.73. The molecule has 29 heavy (non-hydrogen) atoms. The van der Waals surface area contributed by atoms with Crippen LogP contribution < -0.4 is 10.2 Å². The van der Waals surface area contributed by atoms with E-state index in [0.717, 1.165) is 31.7 Å². The lowest BCUT2D eigenvalue weighted by atomic mass is 9.95. The Morgan fingerprint density at radius 2 is 2.00 bits per heavy atom. The van der Waals surface area contributed by atoms with E-state index in [-0.39, 0.29) is 24.8 Å². The largest absolute Gasteiger partial charge is 0.481 e. The molecule has 9 nitrogen and oxygen atoms in total. The molecule has 3 heterocycles. The number of amides is 1. The first kappa shape index (κ1) is 20.5. The number of nitrogens with one attached hydrogen (secondary N) is 1. The maximum atomic E-state index is 12.2. The highest BCUT2D eigenvalue weighted by Crippen LogP contribution is 2.26. The van der Waals surface area contributed by atoms with Crippen molar-refractivity contribution < 1.29 is 14.7 Å². The molecule has 0 aliphatic carbocycles. The summed E-state index contributed by atoms with van der Waals surface area (Å²) in [6.45, 7) is 1.71. The van der Waals surface area contributed by atoms with Gasteiger partial charge in [-0.3, -0.25) is 14.6 Å². The summed E-state index contributed by atoms with van der Waals surface area (Å²) in [6.07, 6.45) is 3.21. The number of piperidine rings is 1. The lowest BCUT2D eigenvalue weighted by molar-refractivity contribution is -0.136. The van der Waals surface area contributed by atoms with Crippen LogP contribution in [0.5, 0.6) is 0 Å². The van der Waals surface area contributed by atoms with E-state index in [1.165, 1.54) is 0 Å². The average molecular weight is 398 g/mol. The Morgan fingerprint density at radius 1 is 1.24 bits per heavy atom. The van der Waals surface area contributed by atoms with Crippen molar-refractivity contribution in [2.24, 2.45) is 5.92 Å². The van der Waals surface area contributed by atoms with Crippen molar-refractivity contribution in [3.63, 3.8) is 0 Å². The van der Waals surface area contributed by atoms with Gasteiger partial charge in [-0.2, -0.15) is 0 Å². The van der Waals surface area contributed by atoms with Gasteiger partial charge in [0.15, 0.2) is 5.82 Å². The third kappa shape index (κ3) is 5.40. The number of carbonyl (C=O) groups excluding carboxylic acids is 1. The van der Waals surface area contributed by atoms with Gasteiger partial charge in [0, 0.05) is 51.9 Å². The van der Waals surface area contributed by atoms with Gasteiger partial charge in [0.1, 0.15) is 17.3 Å². The number of aromatic nitrogens is 3. The highest BCUT2D eigenvalue weighted by molar-refractivity contribution is 5.78. The van der Waals surface area contributed by atoms with Crippen molar-refractivity contribution in [1.82, 2.24) is 19.9 Å². The molecule has 1 saturated heterocycles. The first-order chi connectivity index (χ1) is 13.9. The second-order valence-corrected chi connectivity index (χ2v) is 7.21. The molecule has 1 aliphatic rings. The fourth-order valence-corrected chi connectivity index (χ4v) is 3.31. The lowest BCUT2D eigenvalue weighted by Gasteiger charge is -2.33. The summed E-state index contributed by atoms with van der Waals surface area (Å²) in [5.74, 6) is 1.11. The van der Waals surface area contributed by atoms with Crippen LogP contribution in [0.4, 0.5) is 11.6 Å². The smallest absolute Gasteiger partial charge is 0.305 e. The van der Waals surface area contributed by atoms with Crippen molar-refractivity contribution in [3.05, 3.63) is 30.5 Å². The molecule has 2 aromatic heterocycles. The highest BCUT2D eigenvalue weighted by Gasteiger charge is 2.27. The second-order valence-electron chi connectivity index (χ2n) is 7.21. The van der Waals surface area contributed by atoms with Crippen LogP contribution in [0.1, 0.15) is 19.3 Å². The van der Waals surface area contributed by atoms with Crippen LogP contribution in [0.25, 0.3) is 11.5 Å². The summed E-state index contributed by atoms with van der Waals surface area (Å²) in [5.41, 5.74) is 0.647. The van der Waals surface area contributed by atoms with Gasteiger partial charge in [-0.1, -0.05) is 6.07 Å². The monoisotopic (exact) mass is 398 g/mol. The summed E-state index contributed by atoms with van der Waals surface area (Å²) in [4.78, 5) is 40.3. The van der Waals surface area contributed by atoms with E-state index in [1.54, 1.807) is 25.2 Å². The topological polar surface area (TPSA) is 112 Å². The van der Waals surface area contributed by atoms with Crippen LogP contribution in [0, 0.1) is 5.92 Å².